The van der Waals surface area contributed by atoms with Crippen molar-refractivity contribution in [2.24, 2.45) is 0 Å². The molecule has 1 amide bonds. The van der Waals surface area contributed by atoms with Gasteiger partial charge in [0.1, 0.15) is 5.69 Å². The zero-order valence-electron chi connectivity index (χ0n) is 14.2. The zero-order chi connectivity index (χ0) is 19.6. The van der Waals surface area contributed by atoms with E-state index in [1.54, 1.807) is 18.2 Å². The van der Waals surface area contributed by atoms with Gasteiger partial charge in [-0.3, -0.25) is 0 Å². The van der Waals surface area contributed by atoms with Gasteiger partial charge in [-0.2, -0.15) is 9.49 Å². The molecule has 0 unspecified atom stereocenters. The highest BCUT2D eigenvalue weighted by Gasteiger charge is 2.26. The third-order valence-corrected chi connectivity index (χ3v) is 5.48. The summed E-state index contributed by atoms with van der Waals surface area (Å²) in [6.07, 6.45) is 0.0249. The van der Waals surface area contributed by atoms with Gasteiger partial charge in [0, 0.05) is 19.3 Å². The Bertz CT molecular complexity index is 1080. The van der Waals surface area contributed by atoms with Gasteiger partial charge in [-0.15, -0.1) is 0 Å². The standard InChI is InChI=1S/C17H15FN4O4S/c1-21(17(23)24)11-12-10-15(27(25,26)13-6-3-2-4-7-13)22(20-12)14-8-5-9-19-16(14)18/h2-10H,11H2,1H3,(H,23,24). The molecule has 2 heterocycles. The van der Waals surface area contributed by atoms with Crippen LogP contribution in [-0.2, 0) is 16.4 Å². The third-order valence-electron chi connectivity index (χ3n) is 3.75. The average Bonchev–Trinajstić information content (AvgIpc) is 3.07. The lowest BCUT2D eigenvalue weighted by molar-refractivity contribution is 0.153. The molecule has 10 heteroatoms. The van der Waals surface area contributed by atoms with E-state index in [0.717, 1.165) is 9.58 Å². The second-order valence-electron chi connectivity index (χ2n) is 5.65. The molecule has 0 radical (unpaired) electrons. The Kier molecular flexibility index (Phi) is 4.91. The first-order valence-corrected chi connectivity index (χ1v) is 9.23. The molecule has 1 aromatic carbocycles. The van der Waals surface area contributed by atoms with Crippen LogP contribution in [0, 0.1) is 5.95 Å². The molecule has 3 rings (SSSR count). The van der Waals surface area contributed by atoms with Crippen LogP contribution in [0.4, 0.5) is 9.18 Å². The normalized spacial score (nSPS) is 11.3. The number of benzene rings is 1. The maximum absolute atomic E-state index is 14.2. The Morgan fingerprint density at radius 2 is 1.93 bits per heavy atom. The monoisotopic (exact) mass is 390 g/mol. The average molecular weight is 390 g/mol. The SMILES string of the molecule is CN(Cc1cc(S(=O)(=O)c2ccccc2)n(-c2cccnc2F)n1)C(=O)O. The number of halogens is 1. The summed E-state index contributed by atoms with van der Waals surface area (Å²) in [5, 5.41) is 12.8. The van der Waals surface area contributed by atoms with Crippen LogP contribution < -0.4 is 0 Å². The Morgan fingerprint density at radius 3 is 2.56 bits per heavy atom. The number of sulfone groups is 1. The predicted octanol–water partition coefficient (Wildman–Crippen LogP) is 2.35. The minimum absolute atomic E-state index is 0.00795. The molecule has 2 aromatic heterocycles. The van der Waals surface area contributed by atoms with Crippen molar-refractivity contribution in [2.45, 2.75) is 16.5 Å². The van der Waals surface area contributed by atoms with Gasteiger partial charge in [0.2, 0.25) is 15.8 Å². The van der Waals surface area contributed by atoms with Crippen molar-refractivity contribution in [1.82, 2.24) is 19.7 Å². The summed E-state index contributed by atoms with van der Waals surface area (Å²) in [5.41, 5.74) is -0.00565. The van der Waals surface area contributed by atoms with Crippen molar-refractivity contribution in [3.8, 4) is 5.69 Å². The second kappa shape index (κ2) is 7.16. The quantitative estimate of drug-likeness (QED) is 0.671. The number of amides is 1. The summed E-state index contributed by atoms with van der Waals surface area (Å²) in [4.78, 5) is 15.5. The summed E-state index contributed by atoms with van der Waals surface area (Å²) in [6.45, 7) is -0.165. The maximum atomic E-state index is 14.2. The lowest BCUT2D eigenvalue weighted by atomic mass is 10.4. The Balaban J connectivity index is 2.18. The molecule has 0 fully saturated rings. The Labute approximate surface area is 154 Å². The molecular weight excluding hydrogens is 375 g/mol. The molecule has 140 valence electrons. The van der Waals surface area contributed by atoms with E-state index in [1.165, 1.54) is 43.6 Å². The number of aromatic nitrogens is 3. The van der Waals surface area contributed by atoms with Crippen LogP contribution >= 0.6 is 0 Å². The topological polar surface area (TPSA) is 105 Å². The number of carboxylic acid groups (broad SMARTS) is 1. The van der Waals surface area contributed by atoms with Crippen molar-refractivity contribution >= 4 is 15.9 Å². The third kappa shape index (κ3) is 3.65. The molecule has 0 saturated heterocycles. The van der Waals surface area contributed by atoms with Crippen molar-refractivity contribution < 1.29 is 22.7 Å². The number of hydrogen-bond acceptors (Lipinski definition) is 5. The first kappa shape index (κ1) is 18.5. The van der Waals surface area contributed by atoms with Gasteiger partial charge in [0.25, 0.3) is 0 Å². The highest BCUT2D eigenvalue weighted by molar-refractivity contribution is 7.91. The minimum atomic E-state index is -4.03. The highest BCUT2D eigenvalue weighted by Crippen LogP contribution is 2.25. The van der Waals surface area contributed by atoms with Crippen LogP contribution in [0.25, 0.3) is 5.69 Å². The van der Waals surface area contributed by atoms with E-state index in [-0.39, 0.29) is 27.8 Å². The fourth-order valence-electron chi connectivity index (χ4n) is 2.42. The molecule has 1 N–H and O–H groups in total. The number of hydrogen-bond donors (Lipinski definition) is 1. The van der Waals surface area contributed by atoms with E-state index in [9.17, 15) is 17.6 Å². The van der Waals surface area contributed by atoms with E-state index >= 15 is 0 Å². The molecule has 27 heavy (non-hydrogen) atoms. The van der Waals surface area contributed by atoms with Crippen LogP contribution in [-0.4, -0.2) is 46.3 Å². The summed E-state index contributed by atoms with van der Waals surface area (Å²) in [7, 11) is -2.71. The van der Waals surface area contributed by atoms with Crippen LogP contribution in [0.15, 0.2) is 64.6 Å². The minimum Gasteiger partial charge on any atom is -0.465 e. The molecule has 0 aliphatic carbocycles. The van der Waals surface area contributed by atoms with Crippen molar-refractivity contribution in [2.75, 3.05) is 7.05 Å². The highest BCUT2D eigenvalue weighted by atomic mass is 32.2. The van der Waals surface area contributed by atoms with Gasteiger partial charge in [-0.25, -0.2) is 22.9 Å². The fraction of sp³-hybridized carbons (Fsp3) is 0.118. The molecule has 3 aromatic rings. The summed E-state index contributed by atoms with van der Waals surface area (Å²) >= 11 is 0. The summed E-state index contributed by atoms with van der Waals surface area (Å²) in [6, 6.07) is 11.6. The molecule has 0 bridgehead atoms. The molecule has 0 atom stereocenters. The van der Waals surface area contributed by atoms with E-state index in [0.29, 0.717) is 0 Å². The number of nitrogens with zero attached hydrogens (tertiary/aromatic N) is 4. The van der Waals surface area contributed by atoms with Gasteiger partial charge < -0.3 is 10.0 Å². The van der Waals surface area contributed by atoms with Crippen LogP contribution in [0.3, 0.4) is 0 Å². The van der Waals surface area contributed by atoms with E-state index in [4.69, 9.17) is 5.11 Å². The van der Waals surface area contributed by atoms with Crippen molar-refractivity contribution in [3.05, 3.63) is 66.4 Å². The first-order valence-electron chi connectivity index (χ1n) is 7.74. The maximum Gasteiger partial charge on any atom is 0.407 e. The lowest BCUT2D eigenvalue weighted by Crippen LogP contribution is -2.24. The molecule has 0 aliphatic heterocycles. The first-order chi connectivity index (χ1) is 12.8. The molecule has 8 nitrogen and oxygen atoms in total. The van der Waals surface area contributed by atoms with E-state index < -0.39 is 21.9 Å². The molecular formula is C17H15FN4O4S. The number of rotatable bonds is 5. The van der Waals surface area contributed by atoms with Gasteiger partial charge in [-0.1, -0.05) is 18.2 Å². The lowest BCUT2D eigenvalue weighted by Gasteiger charge is -2.10. The zero-order valence-corrected chi connectivity index (χ0v) is 15.0. The summed E-state index contributed by atoms with van der Waals surface area (Å²) in [5.74, 6) is -0.900. The van der Waals surface area contributed by atoms with Crippen molar-refractivity contribution in [3.63, 3.8) is 0 Å². The van der Waals surface area contributed by atoms with Gasteiger partial charge in [-0.05, 0) is 24.3 Å². The molecule has 0 saturated carbocycles. The largest absolute Gasteiger partial charge is 0.465 e. The Hall–Kier alpha value is -3.27. The van der Waals surface area contributed by atoms with Gasteiger partial charge >= 0.3 is 6.09 Å². The number of pyridine rings is 1. The molecule has 0 aliphatic rings. The van der Waals surface area contributed by atoms with E-state index in [1.807, 2.05) is 0 Å². The van der Waals surface area contributed by atoms with Gasteiger partial charge in [0.15, 0.2) is 5.03 Å². The Morgan fingerprint density at radius 1 is 1.22 bits per heavy atom. The van der Waals surface area contributed by atoms with Gasteiger partial charge in [0.05, 0.1) is 17.1 Å². The molecule has 0 spiro atoms. The van der Waals surface area contributed by atoms with Crippen LogP contribution in [0.2, 0.25) is 0 Å². The fourth-order valence-corrected chi connectivity index (χ4v) is 3.83. The second-order valence-corrected chi connectivity index (χ2v) is 7.55. The smallest absolute Gasteiger partial charge is 0.407 e. The van der Waals surface area contributed by atoms with Crippen LogP contribution in [0.1, 0.15) is 5.69 Å². The predicted molar refractivity (Wildman–Crippen MR) is 92.7 cm³/mol. The van der Waals surface area contributed by atoms with E-state index in [2.05, 4.69) is 10.1 Å². The van der Waals surface area contributed by atoms with Crippen molar-refractivity contribution in [1.29, 1.82) is 0 Å². The van der Waals surface area contributed by atoms with Crippen LogP contribution in [0.5, 0.6) is 0 Å². The number of carbonyl (C=O) groups is 1. The summed E-state index contributed by atoms with van der Waals surface area (Å²) < 4.78 is 41.2.